The van der Waals surface area contributed by atoms with E-state index in [2.05, 4.69) is 17.0 Å². The number of anilines is 1. The Morgan fingerprint density at radius 3 is 2.73 bits per heavy atom. The number of ether oxygens (including phenoxy) is 2. The van der Waals surface area contributed by atoms with E-state index >= 15 is 0 Å². The van der Waals surface area contributed by atoms with E-state index < -0.39 is 12.1 Å². The fraction of sp³-hybridized carbons (Fsp3) is 0.409. The van der Waals surface area contributed by atoms with Crippen LogP contribution >= 0.6 is 11.9 Å². The molecule has 8 heteroatoms. The van der Waals surface area contributed by atoms with Crippen molar-refractivity contribution in [2.45, 2.75) is 49.8 Å². The van der Waals surface area contributed by atoms with Gasteiger partial charge in [0.1, 0.15) is 12.0 Å². The number of carboxylic acid groups (broad SMARTS) is 1. The van der Waals surface area contributed by atoms with Gasteiger partial charge < -0.3 is 25.0 Å². The average Bonchev–Trinajstić information content (AvgIpc) is 2.75. The van der Waals surface area contributed by atoms with E-state index in [4.69, 9.17) is 9.47 Å². The second-order valence-electron chi connectivity index (χ2n) is 7.12. The van der Waals surface area contributed by atoms with E-state index in [1.807, 2.05) is 30.3 Å². The van der Waals surface area contributed by atoms with Crippen LogP contribution in [0.5, 0.6) is 11.5 Å². The van der Waals surface area contributed by atoms with Crippen molar-refractivity contribution in [2.75, 3.05) is 18.5 Å². The average molecular weight is 433 g/mol. The van der Waals surface area contributed by atoms with Gasteiger partial charge in [-0.3, -0.25) is 0 Å². The highest BCUT2D eigenvalue weighted by atomic mass is 32.2. The molecular weight excluding hydrogens is 404 g/mol. The van der Waals surface area contributed by atoms with Crippen LogP contribution in [0, 0.1) is 0 Å². The van der Waals surface area contributed by atoms with Crippen LogP contribution in [0.1, 0.15) is 43.0 Å². The van der Waals surface area contributed by atoms with Crippen molar-refractivity contribution in [1.29, 1.82) is 0 Å². The first kappa shape index (κ1) is 22.4. The third-order valence-electron chi connectivity index (χ3n) is 4.66. The van der Waals surface area contributed by atoms with Crippen molar-refractivity contribution in [2.24, 2.45) is 0 Å². The quantitative estimate of drug-likeness (QED) is 0.322. The molecule has 1 saturated heterocycles. The van der Waals surface area contributed by atoms with Crippen molar-refractivity contribution in [3.05, 3.63) is 48.0 Å². The Morgan fingerprint density at radius 2 is 2.07 bits per heavy atom. The smallest absolute Gasteiger partial charge is 0.335 e. The van der Waals surface area contributed by atoms with Gasteiger partial charge in [0, 0.05) is 6.54 Å². The third-order valence-corrected chi connectivity index (χ3v) is 5.57. The zero-order valence-electron chi connectivity index (χ0n) is 17.0. The highest BCUT2D eigenvalue weighted by Gasteiger charge is 2.22. The summed E-state index contributed by atoms with van der Waals surface area (Å²) in [5.74, 6) is 0.229. The second-order valence-corrected chi connectivity index (χ2v) is 8.00. The number of carboxylic acids is 1. The molecule has 1 heterocycles. The number of rotatable bonds is 10. The molecule has 0 radical (unpaired) electrons. The number of aromatic carboxylic acids is 1. The minimum Gasteiger partial charge on any atom is -0.478 e. The van der Waals surface area contributed by atoms with Crippen LogP contribution < -0.4 is 14.8 Å². The van der Waals surface area contributed by atoms with Gasteiger partial charge >= 0.3 is 5.97 Å². The summed E-state index contributed by atoms with van der Waals surface area (Å²) in [6, 6.07) is 12.6. The van der Waals surface area contributed by atoms with Gasteiger partial charge in [0.2, 0.25) is 0 Å². The lowest BCUT2D eigenvalue weighted by molar-refractivity contribution is -0.0583. The van der Waals surface area contributed by atoms with E-state index in [0.717, 1.165) is 12.8 Å². The second kappa shape index (κ2) is 11.2. The summed E-state index contributed by atoms with van der Waals surface area (Å²) in [4.78, 5) is 12.3. The zero-order valence-corrected chi connectivity index (χ0v) is 17.8. The lowest BCUT2D eigenvalue weighted by Crippen LogP contribution is -2.36. The van der Waals surface area contributed by atoms with Gasteiger partial charge in [0.25, 0.3) is 0 Å². The Morgan fingerprint density at radius 1 is 1.27 bits per heavy atom. The van der Waals surface area contributed by atoms with Crippen molar-refractivity contribution >= 4 is 23.6 Å². The van der Waals surface area contributed by atoms with Crippen molar-refractivity contribution in [3.63, 3.8) is 0 Å². The molecule has 0 aliphatic carbocycles. The molecule has 0 spiro atoms. The summed E-state index contributed by atoms with van der Waals surface area (Å²) in [6.07, 6.45) is 2.64. The van der Waals surface area contributed by atoms with Gasteiger partial charge in [-0.25, -0.2) is 9.52 Å². The van der Waals surface area contributed by atoms with Crippen LogP contribution in [0.25, 0.3) is 0 Å². The maximum absolute atomic E-state index is 11.7. The minimum absolute atomic E-state index is 0.179. The van der Waals surface area contributed by atoms with Crippen LogP contribution in [0.2, 0.25) is 0 Å². The fourth-order valence-electron chi connectivity index (χ4n) is 3.00. The SMILES string of the molecule is CCCCNc1cc(C(=O)O)cc(SNC2CCC(O)CO2)c1Oc1ccccc1. The van der Waals surface area contributed by atoms with Crippen molar-refractivity contribution < 1.29 is 24.5 Å². The number of aliphatic hydroxyl groups is 1. The lowest BCUT2D eigenvalue weighted by Gasteiger charge is -2.27. The maximum Gasteiger partial charge on any atom is 0.335 e. The maximum atomic E-state index is 11.7. The molecule has 162 valence electrons. The van der Waals surface area contributed by atoms with Crippen molar-refractivity contribution in [1.82, 2.24) is 4.72 Å². The Hall–Kier alpha value is -2.26. The van der Waals surface area contributed by atoms with Gasteiger partial charge in [-0.15, -0.1) is 0 Å². The van der Waals surface area contributed by atoms with E-state index in [9.17, 15) is 15.0 Å². The first-order valence-corrected chi connectivity index (χ1v) is 11.0. The Bertz CT molecular complexity index is 826. The number of aliphatic hydroxyl groups excluding tert-OH is 1. The summed E-state index contributed by atoms with van der Waals surface area (Å²) in [7, 11) is 0. The molecule has 1 fully saturated rings. The summed E-state index contributed by atoms with van der Waals surface area (Å²) < 4.78 is 15.0. The Kier molecular flexibility index (Phi) is 8.39. The van der Waals surface area contributed by atoms with Crippen LogP contribution in [-0.2, 0) is 4.74 Å². The standard InChI is InChI=1S/C22H28N2O5S/c1-2-3-11-23-18-12-15(22(26)27)13-19(21(18)29-17-7-5-4-6-8-17)30-24-20-10-9-16(25)14-28-20/h4-8,12-13,16,20,23-25H,2-3,9-11,14H2,1H3,(H,26,27). The minimum atomic E-state index is -1.00. The highest BCUT2D eigenvalue weighted by molar-refractivity contribution is 7.97. The van der Waals surface area contributed by atoms with E-state index in [1.165, 1.54) is 11.9 Å². The van der Waals surface area contributed by atoms with Crippen LogP contribution in [0.3, 0.4) is 0 Å². The summed E-state index contributed by atoms with van der Waals surface area (Å²) >= 11 is 1.27. The molecule has 0 amide bonds. The predicted octanol–water partition coefficient (Wildman–Crippen LogP) is 4.48. The molecule has 1 aliphatic rings. The summed E-state index contributed by atoms with van der Waals surface area (Å²) in [5.41, 5.74) is 0.815. The number of carbonyl (C=O) groups is 1. The van der Waals surface area contributed by atoms with Crippen LogP contribution in [0.15, 0.2) is 47.4 Å². The first-order chi connectivity index (χ1) is 14.6. The molecule has 30 heavy (non-hydrogen) atoms. The summed E-state index contributed by atoms with van der Waals surface area (Å²) in [5, 5.41) is 22.5. The molecule has 2 aromatic carbocycles. The van der Waals surface area contributed by atoms with Gasteiger partial charge in [-0.2, -0.15) is 0 Å². The number of hydrogen-bond acceptors (Lipinski definition) is 7. The molecular formula is C22H28N2O5S. The lowest BCUT2D eigenvalue weighted by atomic mass is 10.1. The molecule has 4 N–H and O–H groups in total. The molecule has 1 aliphatic heterocycles. The monoisotopic (exact) mass is 432 g/mol. The van der Waals surface area contributed by atoms with Gasteiger partial charge in [-0.1, -0.05) is 31.5 Å². The van der Waals surface area contributed by atoms with Gasteiger partial charge in [-0.05, 0) is 55.5 Å². The zero-order chi connectivity index (χ0) is 21.3. The third kappa shape index (κ3) is 6.37. The first-order valence-electron chi connectivity index (χ1n) is 10.2. The topological polar surface area (TPSA) is 100 Å². The molecule has 0 saturated carbocycles. The van der Waals surface area contributed by atoms with Gasteiger partial charge in [0.15, 0.2) is 5.75 Å². The predicted molar refractivity (Wildman–Crippen MR) is 117 cm³/mol. The van der Waals surface area contributed by atoms with Crippen LogP contribution in [0.4, 0.5) is 5.69 Å². The molecule has 0 bridgehead atoms. The largest absolute Gasteiger partial charge is 0.478 e. The number of nitrogens with one attached hydrogen (secondary N) is 2. The molecule has 2 unspecified atom stereocenters. The number of unbranched alkanes of at least 4 members (excludes halogenated alkanes) is 1. The number of para-hydroxylation sites is 1. The molecule has 2 aromatic rings. The molecule has 7 nitrogen and oxygen atoms in total. The molecule has 2 atom stereocenters. The Labute approximate surface area is 180 Å². The van der Waals surface area contributed by atoms with E-state index in [-0.39, 0.29) is 18.4 Å². The normalized spacial score (nSPS) is 18.7. The van der Waals surface area contributed by atoms with Crippen molar-refractivity contribution in [3.8, 4) is 11.5 Å². The summed E-state index contributed by atoms with van der Waals surface area (Å²) in [6.45, 7) is 3.10. The van der Waals surface area contributed by atoms with E-state index in [1.54, 1.807) is 12.1 Å². The number of benzene rings is 2. The molecule has 0 aromatic heterocycles. The Balaban J connectivity index is 1.88. The number of hydrogen-bond donors (Lipinski definition) is 4. The fourth-order valence-corrected chi connectivity index (χ4v) is 3.88. The van der Waals surface area contributed by atoms with Crippen LogP contribution in [-0.4, -0.2) is 41.7 Å². The molecule has 3 rings (SSSR count). The van der Waals surface area contributed by atoms with E-state index in [0.29, 0.717) is 41.5 Å². The van der Waals surface area contributed by atoms with Gasteiger partial charge in [0.05, 0.1) is 28.9 Å². The highest BCUT2D eigenvalue weighted by Crippen LogP contribution is 2.40.